The summed E-state index contributed by atoms with van der Waals surface area (Å²) in [5.74, 6) is 2.31. The second-order valence-corrected chi connectivity index (χ2v) is 7.63. The maximum absolute atomic E-state index is 13.6. The van der Waals surface area contributed by atoms with Crippen LogP contribution in [0.4, 0.5) is 10.2 Å². The quantitative estimate of drug-likeness (QED) is 0.273. The van der Waals surface area contributed by atoms with Crippen molar-refractivity contribution in [2.45, 2.75) is 76.5 Å². The Labute approximate surface area is 175 Å². The first-order valence-electron chi connectivity index (χ1n) is 10.4. The van der Waals surface area contributed by atoms with Crippen LogP contribution in [0.5, 0.6) is 0 Å². The van der Waals surface area contributed by atoms with Crippen molar-refractivity contribution in [2.24, 2.45) is 0 Å². The molecule has 2 aromatic rings. The van der Waals surface area contributed by atoms with E-state index in [0.29, 0.717) is 24.8 Å². The van der Waals surface area contributed by atoms with Gasteiger partial charge in [0.25, 0.3) is 0 Å². The highest BCUT2D eigenvalue weighted by molar-refractivity contribution is 5.81. The Hall–Kier alpha value is -2.73. The van der Waals surface area contributed by atoms with Crippen molar-refractivity contribution in [1.82, 2.24) is 19.5 Å². The normalized spacial score (nSPS) is 21.0. The molecule has 0 bridgehead atoms. The lowest BCUT2D eigenvalue weighted by Gasteiger charge is -2.23. The van der Waals surface area contributed by atoms with Gasteiger partial charge in [-0.15, -0.1) is 6.42 Å². The van der Waals surface area contributed by atoms with Crippen LogP contribution in [0.25, 0.3) is 11.2 Å². The zero-order valence-electron chi connectivity index (χ0n) is 17.3. The van der Waals surface area contributed by atoms with Crippen LogP contribution in [0.3, 0.4) is 0 Å². The van der Waals surface area contributed by atoms with Gasteiger partial charge in [-0.05, 0) is 19.3 Å². The second kappa shape index (κ2) is 9.85. The Balaban J connectivity index is 1.55. The molecule has 1 saturated heterocycles. The van der Waals surface area contributed by atoms with Gasteiger partial charge in [-0.1, -0.05) is 44.9 Å². The van der Waals surface area contributed by atoms with E-state index in [1.54, 1.807) is 4.57 Å². The number of hydrogen-bond donors (Lipinski definition) is 1. The van der Waals surface area contributed by atoms with Gasteiger partial charge in [0.15, 0.2) is 22.6 Å². The van der Waals surface area contributed by atoms with Gasteiger partial charge >= 0.3 is 12.0 Å². The monoisotopic (exact) mass is 417 g/mol. The SMILES string of the molecule is C#CC1(COC(=O)CCCCCCCC)CCC(n2cnc3c(N)nc(F)nc32)O1. The number of anilines is 1. The summed E-state index contributed by atoms with van der Waals surface area (Å²) >= 11 is 0. The summed E-state index contributed by atoms with van der Waals surface area (Å²) in [4.78, 5) is 23.5. The van der Waals surface area contributed by atoms with Crippen LogP contribution in [-0.2, 0) is 14.3 Å². The molecule has 2 unspecified atom stereocenters. The number of carbonyl (C=O) groups is 1. The van der Waals surface area contributed by atoms with E-state index in [1.165, 1.54) is 25.6 Å². The molecule has 2 atom stereocenters. The fourth-order valence-electron chi connectivity index (χ4n) is 3.63. The number of rotatable bonds is 10. The summed E-state index contributed by atoms with van der Waals surface area (Å²) in [7, 11) is 0. The van der Waals surface area contributed by atoms with Crippen molar-refractivity contribution < 1.29 is 18.7 Å². The first-order valence-corrected chi connectivity index (χ1v) is 10.4. The molecule has 1 fully saturated rings. The standard InChI is InChI=1S/C21H28FN5O3/c1-3-5-6-7-8-9-10-16(28)29-13-21(4-2)12-11-15(30-21)27-14-24-17-18(23)25-20(22)26-19(17)27/h2,14-15H,3,5-13H2,1H3,(H2,23,25,26). The zero-order valence-corrected chi connectivity index (χ0v) is 17.3. The zero-order chi connectivity index (χ0) is 21.6. The maximum Gasteiger partial charge on any atom is 0.312 e. The highest BCUT2D eigenvalue weighted by Gasteiger charge is 2.41. The fourth-order valence-corrected chi connectivity index (χ4v) is 3.63. The molecule has 0 aliphatic carbocycles. The van der Waals surface area contributed by atoms with Gasteiger partial charge in [0.1, 0.15) is 12.8 Å². The number of halogens is 1. The molecule has 1 aliphatic rings. The third-order valence-electron chi connectivity index (χ3n) is 5.35. The minimum atomic E-state index is -1.03. The van der Waals surface area contributed by atoms with Crippen LogP contribution >= 0.6 is 0 Å². The van der Waals surface area contributed by atoms with Gasteiger partial charge in [-0.3, -0.25) is 9.36 Å². The fraction of sp³-hybridized carbons (Fsp3) is 0.619. The Bertz CT molecular complexity index is 925. The van der Waals surface area contributed by atoms with Gasteiger partial charge < -0.3 is 15.2 Å². The number of carbonyl (C=O) groups excluding carboxylic acids is 1. The molecule has 0 saturated carbocycles. The van der Waals surface area contributed by atoms with Gasteiger partial charge in [0.2, 0.25) is 0 Å². The average Bonchev–Trinajstić information content (AvgIpc) is 3.34. The third-order valence-corrected chi connectivity index (χ3v) is 5.35. The maximum atomic E-state index is 13.6. The lowest BCUT2D eigenvalue weighted by atomic mass is 10.0. The molecule has 2 aromatic heterocycles. The smallest absolute Gasteiger partial charge is 0.312 e. The van der Waals surface area contributed by atoms with E-state index in [-0.39, 0.29) is 24.0 Å². The van der Waals surface area contributed by atoms with Crippen LogP contribution in [0, 0.1) is 18.4 Å². The number of imidazole rings is 1. The lowest BCUT2D eigenvalue weighted by Crippen LogP contribution is -2.34. The molecule has 3 rings (SSSR count). The lowest BCUT2D eigenvalue weighted by molar-refractivity contribution is -0.152. The molecule has 1 aliphatic heterocycles. The van der Waals surface area contributed by atoms with E-state index in [1.807, 2.05) is 0 Å². The summed E-state index contributed by atoms with van der Waals surface area (Å²) in [6, 6.07) is 0. The third kappa shape index (κ3) is 5.05. The topological polar surface area (TPSA) is 105 Å². The minimum absolute atomic E-state index is 0.0210. The minimum Gasteiger partial charge on any atom is -0.462 e. The highest BCUT2D eigenvalue weighted by atomic mass is 19.1. The number of ether oxygens (including phenoxy) is 2. The second-order valence-electron chi connectivity index (χ2n) is 7.63. The molecule has 0 aromatic carbocycles. The van der Waals surface area contributed by atoms with Crippen molar-refractivity contribution in [3.8, 4) is 12.3 Å². The number of unbranched alkanes of at least 4 members (excludes halogenated alkanes) is 5. The van der Waals surface area contributed by atoms with Gasteiger partial charge in [0.05, 0.1) is 6.33 Å². The van der Waals surface area contributed by atoms with Crippen LogP contribution < -0.4 is 5.73 Å². The first-order chi connectivity index (χ1) is 14.5. The molecule has 30 heavy (non-hydrogen) atoms. The molecular weight excluding hydrogens is 389 g/mol. The molecule has 9 heteroatoms. The summed E-state index contributed by atoms with van der Waals surface area (Å²) in [6.07, 6.45) is 13.7. The van der Waals surface area contributed by atoms with Crippen LogP contribution in [0.15, 0.2) is 6.33 Å². The number of aromatic nitrogens is 4. The van der Waals surface area contributed by atoms with Crippen molar-refractivity contribution >= 4 is 23.0 Å². The van der Waals surface area contributed by atoms with Crippen LogP contribution in [0.1, 0.15) is 70.9 Å². The van der Waals surface area contributed by atoms with Gasteiger partial charge in [-0.25, -0.2) is 4.98 Å². The van der Waals surface area contributed by atoms with Crippen molar-refractivity contribution in [3.63, 3.8) is 0 Å². The Morgan fingerprint density at radius 3 is 2.93 bits per heavy atom. The summed E-state index contributed by atoms with van der Waals surface area (Å²) in [5, 5.41) is 0. The predicted octanol–water partition coefficient (Wildman–Crippen LogP) is 3.52. The molecule has 162 valence electrons. The number of nitrogens with zero attached hydrogens (tertiary/aromatic N) is 4. The summed E-state index contributed by atoms with van der Waals surface area (Å²) in [6.45, 7) is 2.15. The summed E-state index contributed by atoms with van der Waals surface area (Å²) < 4.78 is 26.6. The molecule has 0 spiro atoms. The Kier molecular flexibility index (Phi) is 7.21. The largest absolute Gasteiger partial charge is 0.462 e. The molecule has 8 nitrogen and oxygen atoms in total. The van der Waals surface area contributed by atoms with E-state index in [4.69, 9.17) is 21.6 Å². The first kappa shape index (κ1) is 22.0. The average molecular weight is 417 g/mol. The highest BCUT2D eigenvalue weighted by Crippen LogP contribution is 2.38. The van der Waals surface area contributed by atoms with Crippen LogP contribution in [0.2, 0.25) is 0 Å². The van der Waals surface area contributed by atoms with Crippen LogP contribution in [-0.4, -0.2) is 37.7 Å². The number of nitrogens with two attached hydrogens (primary N) is 1. The van der Waals surface area contributed by atoms with Crippen molar-refractivity contribution in [3.05, 3.63) is 12.4 Å². The van der Waals surface area contributed by atoms with Gasteiger partial charge in [-0.2, -0.15) is 14.4 Å². The molecule has 3 heterocycles. The summed E-state index contributed by atoms with van der Waals surface area (Å²) in [5.41, 5.74) is 5.20. The molecule has 0 radical (unpaired) electrons. The van der Waals surface area contributed by atoms with E-state index in [0.717, 1.165) is 19.3 Å². The van der Waals surface area contributed by atoms with E-state index < -0.39 is 17.9 Å². The molecule has 0 amide bonds. The molecular formula is C21H28FN5O3. The van der Waals surface area contributed by atoms with Gasteiger partial charge in [0, 0.05) is 6.42 Å². The number of fused-ring (bicyclic) bond motifs is 1. The Morgan fingerprint density at radius 1 is 1.40 bits per heavy atom. The van der Waals surface area contributed by atoms with E-state index >= 15 is 0 Å². The number of hydrogen-bond acceptors (Lipinski definition) is 7. The van der Waals surface area contributed by atoms with Crippen molar-refractivity contribution in [1.29, 1.82) is 0 Å². The number of esters is 1. The van der Waals surface area contributed by atoms with E-state index in [9.17, 15) is 9.18 Å². The van der Waals surface area contributed by atoms with E-state index in [2.05, 4.69) is 27.8 Å². The molecule has 2 N–H and O–H groups in total. The Morgan fingerprint density at radius 2 is 2.17 bits per heavy atom. The predicted molar refractivity (Wildman–Crippen MR) is 110 cm³/mol. The number of nitrogen functional groups attached to an aromatic ring is 1. The van der Waals surface area contributed by atoms with Crippen molar-refractivity contribution in [2.75, 3.05) is 12.3 Å². The number of terminal acetylenes is 1.